The highest BCUT2D eigenvalue weighted by molar-refractivity contribution is 5.80. The van der Waals surface area contributed by atoms with Crippen molar-refractivity contribution in [3.8, 4) is 5.75 Å². The molecule has 0 heterocycles. The predicted molar refractivity (Wildman–Crippen MR) is 65.1 cm³/mol. The van der Waals surface area contributed by atoms with Gasteiger partial charge in [-0.1, -0.05) is 17.7 Å². The van der Waals surface area contributed by atoms with Gasteiger partial charge in [0.05, 0.1) is 7.11 Å². The number of hydrogen-bond acceptors (Lipinski definition) is 4. The number of hydrogen-bond donors (Lipinski definition) is 2. The topological polar surface area (TPSA) is 76.7 Å². The van der Waals surface area contributed by atoms with E-state index in [0.29, 0.717) is 5.75 Å². The number of methoxy groups -OCH3 is 1. The van der Waals surface area contributed by atoms with Gasteiger partial charge in [-0.05, 0) is 25.5 Å². The maximum Gasteiger partial charge on any atom is 0.425 e. The summed E-state index contributed by atoms with van der Waals surface area (Å²) in [6.45, 7) is 3.69. The zero-order valence-corrected chi connectivity index (χ0v) is 10.6. The molecule has 98 valence electrons. The van der Waals surface area contributed by atoms with Crippen LogP contribution in [0.25, 0.3) is 0 Å². The molecule has 2 amide bonds. The van der Waals surface area contributed by atoms with E-state index in [9.17, 15) is 9.59 Å². The monoisotopic (exact) mass is 252 g/mol. The molecule has 1 aromatic carbocycles. The van der Waals surface area contributed by atoms with Crippen molar-refractivity contribution in [1.29, 1.82) is 0 Å². The molecule has 0 aliphatic heterocycles. The number of benzene rings is 1. The third kappa shape index (κ3) is 4.32. The van der Waals surface area contributed by atoms with E-state index in [0.717, 1.165) is 11.1 Å². The van der Waals surface area contributed by atoms with Crippen LogP contribution in [0.4, 0.5) is 4.79 Å². The first-order valence-electron chi connectivity index (χ1n) is 5.36. The summed E-state index contributed by atoms with van der Waals surface area (Å²) in [4.78, 5) is 22.0. The first-order valence-corrected chi connectivity index (χ1v) is 5.36. The summed E-state index contributed by atoms with van der Waals surface area (Å²) in [5, 5.41) is 0. The summed E-state index contributed by atoms with van der Waals surface area (Å²) in [5.74, 6) is 0.161. The lowest BCUT2D eigenvalue weighted by Gasteiger charge is -2.10. The Kier molecular flexibility index (Phi) is 4.98. The maximum absolute atomic E-state index is 11.3. The van der Waals surface area contributed by atoms with E-state index in [1.54, 1.807) is 6.07 Å². The van der Waals surface area contributed by atoms with Crippen molar-refractivity contribution >= 4 is 12.0 Å². The first-order chi connectivity index (χ1) is 8.52. The van der Waals surface area contributed by atoms with Gasteiger partial charge in [0.25, 0.3) is 5.91 Å². The second kappa shape index (κ2) is 6.48. The van der Waals surface area contributed by atoms with Gasteiger partial charge in [-0.3, -0.25) is 10.2 Å². The number of ether oxygens (including phenoxy) is 2. The largest absolute Gasteiger partial charge is 0.483 e. The van der Waals surface area contributed by atoms with Crippen molar-refractivity contribution in [2.24, 2.45) is 0 Å². The molecule has 0 saturated heterocycles. The van der Waals surface area contributed by atoms with Crippen molar-refractivity contribution < 1.29 is 19.1 Å². The van der Waals surface area contributed by atoms with Gasteiger partial charge in [0.1, 0.15) is 5.75 Å². The zero-order valence-electron chi connectivity index (χ0n) is 10.6. The smallest absolute Gasteiger partial charge is 0.425 e. The van der Waals surface area contributed by atoms with Gasteiger partial charge in [0.15, 0.2) is 6.61 Å². The van der Waals surface area contributed by atoms with E-state index in [1.165, 1.54) is 7.11 Å². The summed E-state index contributed by atoms with van der Waals surface area (Å²) < 4.78 is 9.61. The van der Waals surface area contributed by atoms with Gasteiger partial charge in [-0.25, -0.2) is 10.2 Å². The van der Waals surface area contributed by atoms with Gasteiger partial charge >= 0.3 is 6.09 Å². The standard InChI is InChI=1S/C12H16N2O4/c1-8-4-5-10(9(2)6-8)18-7-11(15)13-14-12(16)17-3/h4-6H,7H2,1-3H3,(H,13,15)(H,14,16). The minimum absolute atomic E-state index is 0.187. The van der Waals surface area contributed by atoms with Gasteiger partial charge < -0.3 is 9.47 Å². The van der Waals surface area contributed by atoms with Crippen LogP contribution >= 0.6 is 0 Å². The van der Waals surface area contributed by atoms with E-state index in [2.05, 4.69) is 15.6 Å². The molecule has 1 aromatic rings. The van der Waals surface area contributed by atoms with Crippen LogP contribution in [-0.4, -0.2) is 25.7 Å². The fraction of sp³-hybridized carbons (Fsp3) is 0.333. The lowest BCUT2D eigenvalue weighted by atomic mass is 10.1. The minimum Gasteiger partial charge on any atom is -0.483 e. The fourth-order valence-corrected chi connectivity index (χ4v) is 1.31. The molecule has 0 fully saturated rings. The number of carbonyl (C=O) groups excluding carboxylic acids is 2. The molecule has 0 saturated carbocycles. The van der Waals surface area contributed by atoms with Crippen molar-refractivity contribution in [3.63, 3.8) is 0 Å². The summed E-state index contributed by atoms with van der Waals surface area (Å²) >= 11 is 0. The molecule has 6 nitrogen and oxygen atoms in total. The van der Waals surface area contributed by atoms with Crippen LogP contribution in [0, 0.1) is 13.8 Å². The van der Waals surface area contributed by atoms with Gasteiger partial charge in [0.2, 0.25) is 0 Å². The molecule has 0 aliphatic carbocycles. The Morgan fingerprint density at radius 1 is 1.22 bits per heavy atom. The SMILES string of the molecule is COC(=O)NNC(=O)COc1ccc(C)cc1C. The van der Waals surface area contributed by atoms with E-state index in [4.69, 9.17) is 4.74 Å². The van der Waals surface area contributed by atoms with Crippen LogP contribution < -0.4 is 15.6 Å². The van der Waals surface area contributed by atoms with Crippen LogP contribution in [0.1, 0.15) is 11.1 Å². The third-order valence-corrected chi connectivity index (χ3v) is 2.18. The first kappa shape index (κ1) is 13.8. The van der Waals surface area contributed by atoms with Crippen molar-refractivity contribution in [2.75, 3.05) is 13.7 Å². The number of carbonyl (C=O) groups is 2. The highest BCUT2D eigenvalue weighted by Crippen LogP contribution is 2.18. The highest BCUT2D eigenvalue weighted by atomic mass is 16.5. The molecule has 0 spiro atoms. The van der Waals surface area contributed by atoms with Crippen molar-refractivity contribution in [2.45, 2.75) is 13.8 Å². The van der Waals surface area contributed by atoms with E-state index < -0.39 is 12.0 Å². The van der Waals surface area contributed by atoms with Gasteiger partial charge in [-0.2, -0.15) is 0 Å². The molecular weight excluding hydrogens is 236 g/mol. The normalized spacial score (nSPS) is 9.50. The molecule has 0 aliphatic rings. The van der Waals surface area contributed by atoms with E-state index >= 15 is 0 Å². The molecule has 0 atom stereocenters. The third-order valence-electron chi connectivity index (χ3n) is 2.18. The quantitative estimate of drug-likeness (QED) is 0.789. The van der Waals surface area contributed by atoms with Crippen LogP contribution in [0.2, 0.25) is 0 Å². The highest BCUT2D eigenvalue weighted by Gasteiger charge is 2.06. The summed E-state index contributed by atoms with van der Waals surface area (Å²) in [6.07, 6.45) is -0.741. The molecule has 2 N–H and O–H groups in total. The Hall–Kier alpha value is -2.24. The van der Waals surface area contributed by atoms with E-state index in [-0.39, 0.29) is 6.61 Å². The van der Waals surface area contributed by atoms with E-state index in [1.807, 2.05) is 26.0 Å². The predicted octanol–water partition coefficient (Wildman–Crippen LogP) is 1.07. The van der Waals surface area contributed by atoms with Crippen LogP contribution in [0.5, 0.6) is 5.75 Å². The van der Waals surface area contributed by atoms with Crippen molar-refractivity contribution in [3.05, 3.63) is 29.3 Å². The number of hydrazine groups is 1. The molecule has 18 heavy (non-hydrogen) atoms. The number of amides is 2. The Balaban J connectivity index is 2.40. The molecule has 0 unspecified atom stereocenters. The molecule has 0 aromatic heterocycles. The fourth-order valence-electron chi connectivity index (χ4n) is 1.31. The van der Waals surface area contributed by atoms with Crippen LogP contribution in [0.15, 0.2) is 18.2 Å². The number of nitrogens with one attached hydrogen (secondary N) is 2. The average Bonchev–Trinajstić information content (AvgIpc) is 2.34. The van der Waals surface area contributed by atoms with Gasteiger partial charge in [0, 0.05) is 0 Å². The molecule has 6 heteroatoms. The zero-order chi connectivity index (χ0) is 13.5. The molecule has 0 bridgehead atoms. The van der Waals surface area contributed by atoms with Crippen LogP contribution in [-0.2, 0) is 9.53 Å². The summed E-state index contributed by atoms with van der Waals surface area (Å²) in [7, 11) is 1.20. The Bertz CT molecular complexity index is 446. The summed E-state index contributed by atoms with van der Waals surface area (Å²) in [5.41, 5.74) is 6.27. The number of aryl methyl sites for hydroxylation is 2. The average molecular weight is 252 g/mol. The summed E-state index contributed by atoms with van der Waals surface area (Å²) in [6, 6.07) is 5.65. The molecule has 0 radical (unpaired) electrons. The Morgan fingerprint density at radius 3 is 2.56 bits per heavy atom. The Labute approximate surface area is 105 Å². The lowest BCUT2D eigenvalue weighted by molar-refractivity contribution is -0.123. The lowest BCUT2D eigenvalue weighted by Crippen LogP contribution is -2.43. The molecule has 1 rings (SSSR count). The second-order valence-corrected chi connectivity index (χ2v) is 3.72. The minimum atomic E-state index is -0.741. The van der Waals surface area contributed by atoms with Crippen molar-refractivity contribution in [1.82, 2.24) is 10.9 Å². The Morgan fingerprint density at radius 2 is 1.94 bits per heavy atom. The van der Waals surface area contributed by atoms with Crippen LogP contribution in [0.3, 0.4) is 0 Å². The maximum atomic E-state index is 11.3. The molecular formula is C12H16N2O4. The second-order valence-electron chi connectivity index (χ2n) is 3.72. The van der Waals surface area contributed by atoms with Gasteiger partial charge in [-0.15, -0.1) is 0 Å². The number of rotatable bonds is 3.